The number of aromatic nitrogens is 1. The Balaban J connectivity index is 1.53. The van der Waals surface area contributed by atoms with Gasteiger partial charge >= 0.3 is 0 Å². The highest BCUT2D eigenvalue weighted by molar-refractivity contribution is 9.10. The maximum absolute atomic E-state index is 12.1. The topological polar surface area (TPSA) is 54.0 Å². The Morgan fingerprint density at radius 1 is 1.20 bits per heavy atom. The third-order valence-corrected chi connectivity index (χ3v) is 4.94. The minimum atomic E-state index is -0.107. The molecule has 0 atom stereocenters. The summed E-state index contributed by atoms with van der Waals surface area (Å²) in [7, 11) is 0. The quantitative estimate of drug-likeness (QED) is 0.604. The maximum atomic E-state index is 12.1. The first kappa shape index (κ1) is 17.6. The lowest BCUT2D eigenvalue weighted by molar-refractivity contribution is -0.114. The number of carbonyl (C=O) groups is 1. The van der Waals surface area contributed by atoms with Crippen molar-refractivity contribution < 1.29 is 4.79 Å². The predicted octanol–water partition coefficient (Wildman–Crippen LogP) is 4.86. The molecular formula is C19H18BrN3OS. The van der Waals surface area contributed by atoms with Crippen LogP contribution in [0.25, 0.3) is 0 Å². The van der Waals surface area contributed by atoms with Crippen molar-refractivity contribution >= 4 is 44.0 Å². The summed E-state index contributed by atoms with van der Waals surface area (Å²) in [6.45, 7) is 2.23. The molecule has 0 aliphatic heterocycles. The summed E-state index contributed by atoms with van der Waals surface area (Å²) in [4.78, 5) is 17.5. The second-order valence-electron chi connectivity index (χ2n) is 5.71. The van der Waals surface area contributed by atoms with Gasteiger partial charge in [-0.25, -0.2) is 4.98 Å². The van der Waals surface area contributed by atoms with Crippen molar-refractivity contribution in [3.05, 3.63) is 75.2 Å². The van der Waals surface area contributed by atoms with Gasteiger partial charge in [-0.2, -0.15) is 0 Å². The first-order valence-corrected chi connectivity index (χ1v) is 9.49. The van der Waals surface area contributed by atoms with E-state index in [4.69, 9.17) is 0 Å². The minimum Gasteiger partial charge on any atom is -0.376 e. The third-order valence-electron chi connectivity index (χ3n) is 3.54. The maximum Gasteiger partial charge on any atom is 0.245 e. The van der Waals surface area contributed by atoms with Gasteiger partial charge in [-0.15, -0.1) is 11.3 Å². The molecule has 0 spiro atoms. The van der Waals surface area contributed by atoms with Crippen LogP contribution in [0.4, 0.5) is 10.8 Å². The number of benzene rings is 2. The van der Waals surface area contributed by atoms with Gasteiger partial charge in [0.2, 0.25) is 5.91 Å². The molecule has 0 radical (unpaired) electrons. The van der Waals surface area contributed by atoms with E-state index in [1.165, 1.54) is 16.9 Å². The van der Waals surface area contributed by atoms with Crippen molar-refractivity contribution in [2.24, 2.45) is 0 Å². The molecule has 0 saturated carbocycles. The van der Waals surface area contributed by atoms with Gasteiger partial charge in [-0.1, -0.05) is 40.2 Å². The van der Waals surface area contributed by atoms with Crippen molar-refractivity contribution in [2.75, 3.05) is 17.2 Å². The standard InChI is InChI=1S/C19H18BrN3OS/c1-13-4-2-7-16(8-13)21-12-18(24)23-19-22-11-17(25-19)10-14-5-3-6-15(20)9-14/h2-9,11,21H,10,12H2,1H3,(H,22,23,24). The number of amides is 1. The van der Waals surface area contributed by atoms with Crippen LogP contribution in [0.1, 0.15) is 16.0 Å². The number of hydrogen-bond donors (Lipinski definition) is 2. The van der Waals surface area contributed by atoms with Gasteiger partial charge in [0, 0.05) is 27.7 Å². The average Bonchev–Trinajstić information content (AvgIpc) is 3.00. The zero-order valence-corrected chi connectivity index (χ0v) is 16.2. The molecular weight excluding hydrogens is 398 g/mol. The molecule has 0 fully saturated rings. The van der Waals surface area contributed by atoms with E-state index < -0.39 is 0 Å². The number of thiazole rings is 1. The van der Waals surface area contributed by atoms with E-state index in [2.05, 4.69) is 43.7 Å². The highest BCUT2D eigenvalue weighted by atomic mass is 79.9. The molecule has 0 saturated heterocycles. The van der Waals surface area contributed by atoms with Gasteiger partial charge in [0.1, 0.15) is 0 Å². The molecule has 2 N–H and O–H groups in total. The Hall–Kier alpha value is -2.18. The van der Waals surface area contributed by atoms with Gasteiger partial charge in [-0.3, -0.25) is 4.79 Å². The number of rotatable bonds is 6. The van der Waals surface area contributed by atoms with Gasteiger partial charge in [0.15, 0.2) is 5.13 Å². The molecule has 128 valence electrons. The van der Waals surface area contributed by atoms with E-state index in [0.29, 0.717) is 5.13 Å². The van der Waals surface area contributed by atoms with Crippen molar-refractivity contribution in [1.29, 1.82) is 0 Å². The lowest BCUT2D eigenvalue weighted by Crippen LogP contribution is -2.21. The monoisotopic (exact) mass is 415 g/mol. The molecule has 1 amide bonds. The van der Waals surface area contributed by atoms with Crippen LogP contribution in [0, 0.1) is 6.92 Å². The van der Waals surface area contributed by atoms with E-state index >= 15 is 0 Å². The molecule has 1 aromatic heterocycles. The van der Waals surface area contributed by atoms with E-state index in [1.807, 2.05) is 49.5 Å². The van der Waals surface area contributed by atoms with Crippen LogP contribution >= 0.6 is 27.3 Å². The van der Waals surface area contributed by atoms with Crippen LogP contribution in [-0.4, -0.2) is 17.4 Å². The first-order valence-electron chi connectivity index (χ1n) is 7.88. The molecule has 0 aliphatic carbocycles. The lowest BCUT2D eigenvalue weighted by Gasteiger charge is -2.06. The van der Waals surface area contributed by atoms with E-state index in [9.17, 15) is 4.79 Å². The van der Waals surface area contributed by atoms with E-state index in [0.717, 1.165) is 27.0 Å². The summed E-state index contributed by atoms with van der Waals surface area (Å²) < 4.78 is 1.06. The molecule has 0 bridgehead atoms. The Labute approximate surface area is 159 Å². The predicted molar refractivity (Wildman–Crippen MR) is 107 cm³/mol. The van der Waals surface area contributed by atoms with Crippen LogP contribution in [0.5, 0.6) is 0 Å². The third kappa shape index (κ3) is 5.41. The zero-order valence-electron chi connectivity index (χ0n) is 13.8. The molecule has 0 aliphatic rings. The number of halogens is 1. The zero-order chi connectivity index (χ0) is 17.6. The summed E-state index contributed by atoms with van der Waals surface area (Å²) in [5, 5.41) is 6.58. The number of hydrogen-bond acceptors (Lipinski definition) is 4. The smallest absolute Gasteiger partial charge is 0.245 e. The molecule has 6 heteroatoms. The van der Waals surface area contributed by atoms with Crippen molar-refractivity contribution in [2.45, 2.75) is 13.3 Å². The summed E-state index contributed by atoms with van der Waals surface area (Å²) >= 11 is 4.98. The van der Waals surface area contributed by atoms with Crippen molar-refractivity contribution in [3.8, 4) is 0 Å². The largest absolute Gasteiger partial charge is 0.376 e. The molecule has 3 rings (SSSR count). The number of anilines is 2. The number of carbonyl (C=O) groups excluding carboxylic acids is 1. The fourth-order valence-electron chi connectivity index (χ4n) is 2.40. The van der Waals surface area contributed by atoms with Gasteiger partial charge in [-0.05, 0) is 42.3 Å². The van der Waals surface area contributed by atoms with Crippen LogP contribution in [0.2, 0.25) is 0 Å². The lowest BCUT2D eigenvalue weighted by atomic mass is 10.1. The minimum absolute atomic E-state index is 0.107. The SMILES string of the molecule is Cc1cccc(NCC(=O)Nc2ncc(Cc3cccc(Br)c3)s2)c1. The fourth-order valence-corrected chi connectivity index (χ4v) is 3.71. The first-order chi connectivity index (χ1) is 12.1. The summed E-state index contributed by atoms with van der Waals surface area (Å²) in [6.07, 6.45) is 2.61. The van der Waals surface area contributed by atoms with E-state index in [1.54, 1.807) is 0 Å². The second-order valence-corrected chi connectivity index (χ2v) is 7.74. The average molecular weight is 416 g/mol. The van der Waals surface area contributed by atoms with Gasteiger partial charge in [0.05, 0.1) is 6.54 Å². The molecule has 4 nitrogen and oxygen atoms in total. The molecule has 2 aromatic carbocycles. The second kappa shape index (κ2) is 8.27. The molecule has 0 unspecified atom stereocenters. The number of nitrogens with zero attached hydrogens (tertiary/aromatic N) is 1. The fraction of sp³-hybridized carbons (Fsp3) is 0.158. The Morgan fingerprint density at radius 2 is 2.04 bits per heavy atom. The Kier molecular flexibility index (Phi) is 5.83. The van der Waals surface area contributed by atoms with Gasteiger partial charge in [0.25, 0.3) is 0 Å². The summed E-state index contributed by atoms with van der Waals surface area (Å²) in [6, 6.07) is 16.1. The molecule has 1 heterocycles. The van der Waals surface area contributed by atoms with Crippen LogP contribution < -0.4 is 10.6 Å². The van der Waals surface area contributed by atoms with Crippen LogP contribution in [0.3, 0.4) is 0 Å². The summed E-state index contributed by atoms with van der Waals surface area (Å²) in [5.74, 6) is -0.107. The normalized spacial score (nSPS) is 10.5. The molecule has 25 heavy (non-hydrogen) atoms. The molecule has 3 aromatic rings. The van der Waals surface area contributed by atoms with Crippen LogP contribution in [0.15, 0.2) is 59.2 Å². The summed E-state index contributed by atoms with van der Waals surface area (Å²) in [5.41, 5.74) is 3.30. The van der Waals surface area contributed by atoms with Crippen molar-refractivity contribution in [1.82, 2.24) is 4.98 Å². The highest BCUT2D eigenvalue weighted by Crippen LogP contribution is 2.22. The Bertz CT molecular complexity index is 878. The Morgan fingerprint density at radius 3 is 2.84 bits per heavy atom. The van der Waals surface area contributed by atoms with Crippen molar-refractivity contribution in [3.63, 3.8) is 0 Å². The van der Waals surface area contributed by atoms with Crippen LogP contribution in [-0.2, 0) is 11.2 Å². The number of nitrogens with one attached hydrogen (secondary N) is 2. The number of aryl methyl sites for hydroxylation is 1. The van der Waals surface area contributed by atoms with E-state index in [-0.39, 0.29) is 12.5 Å². The highest BCUT2D eigenvalue weighted by Gasteiger charge is 2.07. The van der Waals surface area contributed by atoms with Gasteiger partial charge < -0.3 is 10.6 Å².